The Balaban J connectivity index is 0.723. The van der Waals surface area contributed by atoms with Crippen molar-refractivity contribution in [3.63, 3.8) is 0 Å². The van der Waals surface area contributed by atoms with E-state index in [1.165, 1.54) is 31.5 Å². The third kappa shape index (κ3) is 11.8. The van der Waals surface area contributed by atoms with Crippen molar-refractivity contribution in [2.45, 2.75) is 106 Å². The second-order valence-corrected chi connectivity index (χ2v) is 22.9. The summed E-state index contributed by atoms with van der Waals surface area (Å²) in [6.45, 7) is 0.928. The number of anilines is 1. The Morgan fingerprint density at radius 3 is 2.37 bits per heavy atom. The molecule has 2 aliphatic heterocycles. The minimum atomic E-state index is -2.17. The first kappa shape index (κ1) is 58.6. The van der Waals surface area contributed by atoms with E-state index in [1.807, 2.05) is 0 Å². The van der Waals surface area contributed by atoms with Crippen LogP contribution >= 0.6 is 21.6 Å². The Hall–Kier alpha value is -8.02. The van der Waals surface area contributed by atoms with E-state index >= 15 is 0 Å². The standard InChI is InChI=1S/C54H55N7O19S2/c1-23(62)54(76)17-29-38(45(68)40-39(43(29)66)42(65)28-4-3-5-32(77-2)37(28)44(40)67)33(19-54)79-36-20-53(18-34(80-36)46(53)69)61-52(75)78-14-15-81-82-22-30(50(73)74)58-35(64)13-11-26(49(71)72)16-31(63)25-9-6-24(7-10-25)8-12-27-21-56-47-41(57-27)48(70)60-51(55)59-47/h3-7,9-10,21,26,30,33-34,36,46,66,68-69,76H,8,11-20,22H2,1-2H3,(H,58,64)(H,61,75)(H,71,72)(H,73,74)(H3,55,56,59,60,70)/t26?,30?,33?,34?,36?,46?,53?,54-/m0/s1. The Morgan fingerprint density at radius 2 is 1.67 bits per heavy atom. The molecule has 4 heterocycles. The number of H-pyrrole nitrogens is 1. The van der Waals surface area contributed by atoms with Gasteiger partial charge >= 0.3 is 18.0 Å². The van der Waals surface area contributed by atoms with Crippen LogP contribution in [0.5, 0.6) is 17.2 Å². The number of aliphatic hydroxyl groups excluding tert-OH is 1. The topological polar surface area (TPSA) is 416 Å². The van der Waals surface area contributed by atoms with Gasteiger partial charge in [0, 0.05) is 72.3 Å². The lowest BCUT2D eigenvalue weighted by molar-refractivity contribution is -0.313. The first-order valence-electron chi connectivity index (χ1n) is 25.7. The normalized spacial score (nSPS) is 22.1. The smallest absolute Gasteiger partial charge is 0.407 e. The van der Waals surface area contributed by atoms with Crippen molar-refractivity contribution in [2.75, 3.05) is 31.0 Å². The Bertz CT molecular complexity index is 3510. The van der Waals surface area contributed by atoms with E-state index in [-0.39, 0.29) is 94.5 Å². The fourth-order valence-electron chi connectivity index (χ4n) is 10.6. The number of carboxylic acids is 2. The van der Waals surface area contributed by atoms with Gasteiger partial charge in [0.15, 0.2) is 34.8 Å². The zero-order valence-electron chi connectivity index (χ0n) is 43.8. The Morgan fingerprint density at radius 1 is 0.927 bits per heavy atom. The molecule has 2 aromatic heterocycles. The highest BCUT2D eigenvalue weighted by Gasteiger charge is 2.62. The van der Waals surface area contributed by atoms with Crippen LogP contribution in [0, 0.1) is 5.92 Å². The average Bonchev–Trinajstić information content (AvgIpc) is 3.23. The van der Waals surface area contributed by atoms with E-state index in [1.54, 1.807) is 24.3 Å². The van der Waals surface area contributed by atoms with Gasteiger partial charge in [-0.05, 0) is 37.8 Å². The minimum absolute atomic E-state index is 0.0428. The van der Waals surface area contributed by atoms with Gasteiger partial charge in [-0.15, -0.1) is 0 Å². The van der Waals surface area contributed by atoms with E-state index in [2.05, 4.69) is 30.6 Å². The van der Waals surface area contributed by atoms with E-state index in [4.69, 9.17) is 24.7 Å². The summed E-state index contributed by atoms with van der Waals surface area (Å²) in [6, 6.07) is 9.42. The fraction of sp³-hybridized carbons (Fsp3) is 0.407. The van der Waals surface area contributed by atoms with Crippen LogP contribution in [0.25, 0.3) is 11.2 Å². The number of ketones is 4. The number of hydrogen-bond donors (Lipinski definition) is 10. The zero-order chi connectivity index (χ0) is 58.9. The number of carbonyl (C=O) groups excluding carboxylic acids is 6. The number of benzene rings is 3. The van der Waals surface area contributed by atoms with Crippen molar-refractivity contribution < 1.29 is 87.9 Å². The highest BCUT2D eigenvalue weighted by atomic mass is 33.1. The number of fused-ring (bicyclic) bond motifs is 6. The monoisotopic (exact) mass is 1170 g/mol. The number of phenolic OH excluding ortho intramolecular Hbond substituents is 2. The number of aromatic hydroxyl groups is 2. The number of alkyl carbamates (subject to hydrolysis) is 1. The zero-order valence-corrected chi connectivity index (χ0v) is 45.4. The molecule has 0 spiro atoms. The number of carboxylic acid groups (broad SMARTS) is 2. The van der Waals surface area contributed by atoms with Gasteiger partial charge in [0.2, 0.25) is 17.6 Å². The Labute approximate surface area is 472 Å². The molecular formula is C54H55N7O19S2. The molecule has 28 heteroatoms. The third-order valence-electron chi connectivity index (χ3n) is 15.0. The summed E-state index contributed by atoms with van der Waals surface area (Å²) >= 11 is 0. The molecule has 7 unspecified atom stereocenters. The number of amides is 2. The summed E-state index contributed by atoms with van der Waals surface area (Å²) in [5.41, 5.74) is 1.59. The molecule has 3 fully saturated rings. The van der Waals surface area contributed by atoms with Crippen LogP contribution in [0.4, 0.5) is 10.7 Å². The molecule has 432 valence electrons. The number of Topliss-reactive ketones (excluding diaryl/α,β-unsaturated/α-hetero) is 2. The summed E-state index contributed by atoms with van der Waals surface area (Å²) in [5.74, 6) is -9.01. The molecule has 2 saturated heterocycles. The average molecular weight is 1170 g/mol. The number of ether oxygens (including phenoxy) is 4. The lowest BCUT2D eigenvalue weighted by Crippen LogP contribution is -2.75. The molecule has 11 N–H and O–H groups in total. The third-order valence-corrected chi connectivity index (χ3v) is 17.4. The summed E-state index contributed by atoms with van der Waals surface area (Å²) < 4.78 is 22.9. The van der Waals surface area contributed by atoms with Crippen LogP contribution in [0.3, 0.4) is 0 Å². The van der Waals surface area contributed by atoms with E-state index < -0.39 is 142 Å². The second-order valence-electron chi connectivity index (χ2n) is 20.3. The molecule has 2 bridgehead atoms. The van der Waals surface area contributed by atoms with Crippen LogP contribution in [-0.4, -0.2) is 159 Å². The number of aryl methyl sites for hydroxylation is 2. The fourth-order valence-corrected chi connectivity index (χ4v) is 12.6. The van der Waals surface area contributed by atoms with Gasteiger partial charge in [-0.3, -0.25) is 38.5 Å². The number of nitrogens with one attached hydrogen (secondary N) is 3. The molecule has 82 heavy (non-hydrogen) atoms. The van der Waals surface area contributed by atoms with Crippen LogP contribution < -0.4 is 26.7 Å². The molecule has 3 aliphatic carbocycles. The number of nitrogen functional groups attached to an aromatic ring is 1. The highest BCUT2D eigenvalue weighted by Crippen LogP contribution is 2.54. The SMILES string of the molecule is COc1cccc2c1C(=O)c1c(O)c3c(c(O)c1C2=O)C[C@@](O)(C(C)=O)CC3OC1CC2(NC(=O)OCCSSCC(NC(=O)CCC(CC(=O)c3ccc(CCc4cnc5nc(N)[nH]c(=O)c5n4)cc3)C(=O)O)C(=O)O)CC(O1)C2O. The summed E-state index contributed by atoms with van der Waals surface area (Å²) in [6.07, 6.45) is -5.58. The number of nitrogens with zero attached hydrogens (tertiary/aromatic N) is 3. The maximum absolute atomic E-state index is 14.0. The number of aliphatic hydroxyl groups is 2. The minimum Gasteiger partial charge on any atom is -0.507 e. The first-order valence-corrected chi connectivity index (χ1v) is 28.2. The number of rotatable bonds is 23. The largest absolute Gasteiger partial charge is 0.507 e. The molecule has 8 atom stereocenters. The summed E-state index contributed by atoms with van der Waals surface area (Å²) in [7, 11) is 3.46. The lowest BCUT2D eigenvalue weighted by Gasteiger charge is -2.58. The Kier molecular flexibility index (Phi) is 17.0. The predicted octanol–water partition coefficient (Wildman–Crippen LogP) is 2.65. The van der Waals surface area contributed by atoms with Gasteiger partial charge in [0.1, 0.15) is 41.6 Å². The van der Waals surface area contributed by atoms with Crippen LogP contribution in [0.15, 0.2) is 53.5 Å². The molecule has 26 nitrogen and oxygen atoms in total. The number of hydrogen-bond acceptors (Lipinski definition) is 23. The van der Waals surface area contributed by atoms with Crippen LogP contribution in [0.1, 0.15) is 116 Å². The van der Waals surface area contributed by atoms with Gasteiger partial charge in [-0.25, -0.2) is 19.6 Å². The van der Waals surface area contributed by atoms with E-state index in [9.17, 15) is 73.8 Å². The maximum atomic E-state index is 14.0. The quantitative estimate of drug-likeness (QED) is 0.0191. The first-order chi connectivity index (χ1) is 39.0. The van der Waals surface area contributed by atoms with Crippen molar-refractivity contribution in [2.24, 2.45) is 5.92 Å². The van der Waals surface area contributed by atoms with Crippen LogP contribution in [-0.2, 0) is 52.7 Å². The van der Waals surface area contributed by atoms with Crippen molar-refractivity contribution in [3.8, 4) is 17.2 Å². The predicted molar refractivity (Wildman–Crippen MR) is 289 cm³/mol. The molecule has 2 amide bonds. The maximum Gasteiger partial charge on any atom is 0.407 e. The van der Waals surface area contributed by atoms with Crippen molar-refractivity contribution in [1.82, 2.24) is 30.6 Å². The number of nitrogens with two attached hydrogens (primary N) is 1. The highest BCUT2D eigenvalue weighted by molar-refractivity contribution is 8.76. The number of aromatic nitrogens is 4. The molecule has 10 rings (SSSR count). The van der Waals surface area contributed by atoms with Gasteiger partial charge in [-0.2, -0.15) is 4.98 Å². The summed E-state index contributed by atoms with van der Waals surface area (Å²) in [5, 5.41) is 70.9. The summed E-state index contributed by atoms with van der Waals surface area (Å²) in [4.78, 5) is 131. The van der Waals surface area contributed by atoms with Gasteiger partial charge in [-0.1, -0.05) is 58.0 Å². The number of aliphatic carboxylic acids is 2. The second kappa shape index (κ2) is 23.8. The number of phenols is 2. The number of methoxy groups -OCH3 is 1. The molecule has 1 saturated carbocycles. The van der Waals surface area contributed by atoms with Gasteiger partial charge < -0.3 is 66.0 Å². The van der Waals surface area contributed by atoms with E-state index in [0.29, 0.717) is 18.5 Å². The molecule has 0 radical (unpaired) electrons. The van der Waals surface area contributed by atoms with Gasteiger partial charge in [0.05, 0.1) is 59.4 Å². The molecule has 3 aromatic carbocycles. The van der Waals surface area contributed by atoms with Gasteiger partial charge in [0.25, 0.3) is 5.56 Å². The molecule has 5 aromatic rings. The van der Waals surface area contributed by atoms with Crippen molar-refractivity contribution >= 4 is 85.8 Å². The van der Waals surface area contributed by atoms with Crippen LogP contribution in [0.2, 0.25) is 0 Å². The lowest BCUT2D eigenvalue weighted by atomic mass is 9.66. The van der Waals surface area contributed by atoms with Crippen molar-refractivity contribution in [3.05, 3.63) is 109 Å². The van der Waals surface area contributed by atoms with E-state index in [0.717, 1.165) is 34.1 Å². The number of carbonyl (C=O) groups is 8. The number of aromatic amines is 1. The molecular weight excluding hydrogens is 1110 g/mol. The van der Waals surface area contributed by atoms with Crippen molar-refractivity contribution in [1.29, 1.82) is 0 Å². The molecule has 5 aliphatic rings.